The number of rotatable bonds is 5. The summed E-state index contributed by atoms with van der Waals surface area (Å²) in [6, 6.07) is 1.89. The fraction of sp³-hybridized carbons (Fsp3) is 0.312. The summed E-state index contributed by atoms with van der Waals surface area (Å²) >= 11 is 1.54. The Morgan fingerprint density at radius 2 is 2.17 bits per heavy atom. The van der Waals surface area contributed by atoms with Crippen molar-refractivity contribution in [3.05, 3.63) is 39.9 Å². The van der Waals surface area contributed by atoms with Crippen molar-refractivity contribution in [3.8, 4) is 0 Å². The second kappa shape index (κ2) is 7.23. The molecule has 2 aromatic heterocycles. The van der Waals surface area contributed by atoms with Crippen LogP contribution in [0, 0.1) is 13.8 Å². The Morgan fingerprint density at radius 1 is 1.43 bits per heavy atom. The summed E-state index contributed by atoms with van der Waals surface area (Å²) in [5.41, 5.74) is 3.13. The summed E-state index contributed by atoms with van der Waals surface area (Å²) in [7, 11) is 1.80. The van der Waals surface area contributed by atoms with Gasteiger partial charge in [-0.25, -0.2) is 4.79 Å². The number of aromatic nitrogens is 2. The van der Waals surface area contributed by atoms with Crippen molar-refractivity contribution in [1.29, 1.82) is 0 Å². The van der Waals surface area contributed by atoms with E-state index in [9.17, 15) is 9.59 Å². The first-order valence-electron chi connectivity index (χ1n) is 7.10. The lowest BCUT2D eigenvalue weighted by Crippen LogP contribution is -2.29. The SMILES string of the molecule is Cc1nn(C)c(C)c1NC(=O)[C@H](C)OC(=O)/C=C/c1ccsc1. The number of nitrogens with one attached hydrogen (secondary N) is 1. The number of hydrogen-bond donors (Lipinski definition) is 1. The van der Waals surface area contributed by atoms with Gasteiger partial charge in [-0.1, -0.05) is 0 Å². The molecule has 0 aromatic carbocycles. The van der Waals surface area contributed by atoms with E-state index in [0.717, 1.165) is 11.3 Å². The van der Waals surface area contributed by atoms with E-state index in [1.54, 1.807) is 29.1 Å². The van der Waals surface area contributed by atoms with E-state index in [1.165, 1.54) is 13.0 Å². The molecule has 1 N–H and O–H groups in total. The average Bonchev–Trinajstić information content (AvgIpc) is 3.09. The predicted octanol–water partition coefficient (Wildman–Crippen LogP) is 2.68. The van der Waals surface area contributed by atoms with Crippen molar-refractivity contribution in [1.82, 2.24) is 9.78 Å². The topological polar surface area (TPSA) is 73.2 Å². The number of ether oxygens (including phenoxy) is 1. The number of esters is 1. The van der Waals surface area contributed by atoms with Gasteiger partial charge in [-0.05, 0) is 49.2 Å². The average molecular weight is 333 g/mol. The van der Waals surface area contributed by atoms with Gasteiger partial charge in [0.1, 0.15) is 0 Å². The summed E-state index contributed by atoms with van der Waals surface area (Å²) in [4.78, 5) is 23.9. The Labute approximate surface area is 138 Å². The maximum absolute atomic E-state index is 12.1. The highest BCUT2D eigenvalue weighted by molar-refractivity contribution is 7.08. The fourth-order valence-corrected chi connectivity index (χ4v) is 2.61. The minimum Gasteiger partial charge on any atom is -0.449 e. The predicted molar refractivity (Wildman–Crippen MR) is 90.2 cm³/mol. The van der Waals surface area contributed by atoms with Gasteiger partial charge in [-0.3, -0.25) is 9.48 Å². The molecule has 0 aliphatic heterocycles. The standard InChI is InChI=1S/C16H19N3O3S/c1-10-15(11(2)19(4)18-10)17-16(21)12(3)22-14(20)6-5-13-7-8-23-9-13/h5-9,12H,1-4H3,(H,17,21)/b6-5+/t12-/m0/s1. The smallest absolute Gasteiger partial charge is 0.331 e. The van der Waals surface area contributed by atoms with Gasteiger partial charge in [0.05, 0.1) is 17.1 Å². The molecule has 0 unspecified atom stereocenters. The van der Waals surface area contributed by atoms with Crippen molar-refractivity contribution < 1.29 is 14.3 Å². The Morgan fingerprint density at radius 3 is 2.74 bits per heavy atom. The van der Waals surface area contributed by atoms with Crippen LogP contribution in [0.1, 0.15) is 23.9 Å². The quantitative estimate of drug-likeness (QED) is 0.674. The van der Waals surface area contributed by atoms with Gasteiger partial charge in [0.2, 0.25) is 0 Å². The lowest BCUT2D eigenvalue weighted by atomic mass is 10.3. The van der Waals surface area contributed by atoms with E-state index < -0.39 is 12.1 Å². The molecule has 1 amide bonds. The fourth-order valence-electron chi connectivity index (χ4n) is 1.98. The van der Waals surface area contributed by atoms with Crippen LogP contribution < -0.4 is 5.32 Å². The number of aryl methyl sites for hydroxylation is 2. The third-order valence-electron chi connectivity index (χ3n) is 3.37. The highest BCUT2D eigenvalue weighted by Gasteiger charge is 2.20. The molecule has 0 saturated carbocycles. The monoisotopic (exact) mass is 333 g/mol. The van der Waals surface area contributed by atoms with Crippen LogP contribution in [0.15, 0.2) is 22.9 Å². The van der Waals surface area contributed by atoms with Crippen molar-refractivity contribution >= 4 is 35.0 Å². The van der Waals surface area contributed by atoms with Crippen LogP contribution in [0.4, 0.5) is 5.69 Å². The number of carbonyl (C=O) groups is 2. The number of nitrogens with zero attached hydrogens (tertiary/aromatic N) is 2. The van der Waals surface area contributed by atoms with Crippen molar-refractivity contribution in [2.24, 2.45) is 7.05 Å². The molecule has 0 spiro atoms. The summed E-state index contributed by atoms with van der Waals surface area (Å²) in [5.74, 6) is -0.944. The zero-order valence-electron chi connectivity index (χ0n) is 13.5. The van der Waals surface area contributed by atoms with E-state index in [0.29, 0.717) is 11.4 Å². The zero-order chi connectivity index (χ0) is 17.0. The molecular formula is C16H19N3O3S. The molecule has 122 valence electrons. The van der Waals surface area contributed by atoms with Gasteiger partial charge in [-0.15, -0.1) is 0 Å². The molecule has 0 radical (unpaired) electrons. The van der Waals surface area contributed by atoms with Gasteiger partial charge in [0, 0.05) is 13.1 Å². The third-order valence-corrected chi connectivity index (χ3v) is 4.08. The minimum absolute atomic E-state index is 0.388. The zero-order valence-corrected chi connectivity index (χ0v) is 14.3. The first kappa shape index (κ1) is 17.0. The molecule has 2 aromatic rings. The van der Waals surface area contributed by atoms with Gasteiger partial charge in [0.25, 0.3) is 5.91 Å². The molecule has 7 heteroatoms. The first-order valence-corrected chi connectivity index (χ1v) is 8.04. The second-order valence-electron chi connectivity index (χ2n) is 5.13. The van der Waals surface area contributed by atoms with Crippen LogP contribution in [0.3, 0.4) is 0 Å². The minimum atomic E-state index is -0.895. The highest BCUT2D eigenvalue weighted by Crippen LogP contribution is 2.18. The molecule has 2 rings (SSSR count). The van der Waals surface area contributed by atoms with Crippen LogP contribution >= 0.6 is 11.3 Å². The van der Waals surface area contributed by atoms with Crippen LogP contribution in [0.25, 0.3) is 6.08 Å². The molecule has 1 atom stereocenters. The van der Waals surface area contributed by atoms with E-state index in [-0.39, 0.29) is 5.91 Å². The number of hydrogen-bond acceptors (Lipinski definition) is 5. The maximum Gasteiger partial charge on any atom is 0.331 e. The number of amides is 1. The molecule has 0 fully saturated rings. The molecule has 0 bridgehead atoms. The second-order valence-corrected chi connectivity index (χ2v) is 5.91. The first-order chi connectivity index (χ1) is 10.9. The number of thiophene rings is 1. The van der Waals surface area contributed by atoms with Crippen LogP contribution in [-0.2, 0) is 21.4 Å². The Balaban J connectivity index is 1.93. The van der Waals surface area contributed by atoms with Gasteiger partial charge >= 0.3 is 5.97 Å². The Kier molecular flexibility index (Phi) is 5.33. The van der Waals surface area contributed by atoms with Gasteiger partial charge in [0.15, 0.2) is 6.10 Å². The van der Waals surface area contributed by atoms with Crippen molar-refractivity contribution in [3.63, 3.8) is 0 Å². The molecule has 6 nitrogen and oxygen atoms in total. The Hall–Kier alpha value is -2.41. The maximum atomic E-state index is 12.1. The lowest BCUT2D eigenvalue weighted by molar-refractivity contribution is -0.148. The third kappa shape index (κ3) is 4.29. The van der Waals surface area contributed by atoms with Gasteiger partial charge < -0.3 is 10.1 Å². The molecular weight excluding hydrogens is 314 g/mol. The largest absolute Gasteiger partial charge is 0.449 e. The Bertz CT molecular complexity index is 732. The molecule has 0 aliphatic rings. The summed E-state index contributed by atoms with van der Waals surface area (Å²) in [6.45, 7) is 5.20. The van der Waals surface area contributed by atoms with Gasteiger partial charge in [-0.2, -0.15) is 16.4 Å². The lowest BCUT2D eigenvalue weighted by Gasteiger charge is -2.12. The highest BCUT2D eigenvalue weighted by atomic mass is 32.1. The number of carbonyl (C=O) groups excluding carboxylic acids is 2. The van der Waals surface area contributed by atoms with Crippen LogP contribution in [-0.4, -0.2) is 27.8 Å². The normalized spacial score (nSPS) is 12.3. The van der Waals surface area contributed by atoms with Crippen molar-refractivity contribution in [2.45, 2.75) is 26.9 Å². The van der Waals surface area contributed by atoms with Crippen LogP contribution in [0.5, 0.6) is 0 Å². The molecule has 23 heavy (non-hydrogen) atoms. The number of anilines is 1. The van der Waals surface area contributed by atoms with E-state index >= 15 is 0 Å². The van der Waals surface area contributed by atoms with E-state index in [1.807, 2.05) is 30.7 Å². The summed E-state index contributed by atoms with van der Waals surface area (Å²) in [5, 5.41) is 10.8. The van der Waals surface area contributed by atoms with E-state index in [4.69, 9.17) is 4.74 Å². The van der Waals surface area contributed by atoms with Crippen LogP contribution in [0.2, 0.25) is 0 Å². The molecule has 2 heterocycles. The summed E-state index contributed by atoms with van der Waals surface area (Å²) < 4.78 is 6.79. The summed E-state index contributed by atoms with van der Waals surface area (Å²) in [6.07, 6.45) is 2.07. The van der Waals surface area contributed by atoms with E-state index in [2.05, 4.69) is 10.4 Å². The van der Waals surface area contributed by atoms with Crippen molar-refractivity contribution in [2.75, 3.05) is 5.32 Å². The molecule has 0 aliphatic carbocycles. The molecule has 0 saturated heterocycles.